The number of rotatable bonds is 11. The molecule has 0 amide bonds. The molecule has 6 aromatic rings. The van der Waals surface area contributed by atoms with Crippen LogP contribution in [0.15, 0.2) is 140 Å². The van der Waals surface area contributed by atoms with Crippen molar-refractivity contribution in [2.45, 2.75) is 121 Å². The maximum absolute atomic E-state index is 2.56. The number of fused-ring (bicyclic) bond motifs is 3. The van der Waals surface area contributed by atoms with Crippen molar-refractivity contribution in [2.75, 3.05) is 4.90 Å². The van der Waals surface area contributed by atoms with Gasteiger partial charge in [0.2, 0.25) is 0 Å². The quantitative estimate of drug-likeness (QED) is 0.128. The van der Waals surface area contributed by atoms with E-state index >= 15 is 0 Å². The van der Waals surface area contributed by atoms with Crippen LogP contribution in [0.2, 0.25) is 0 Å². The average Bonchev–Trinajstić information content (AvgIpc) is 3.53. The van der Waals surface area contributed by atoms with E-state index in [0.29, 0.717) is 5.92 Å². The van der Waals surface area contributed by atoms with Crippen LogP contribution in [-0.4, -0.2) is 0 Å². The summed E-state index contributed by atoms with van der Waals surface area (Å²) in [5.74, 6) is 1.42. The minimum Gasteiger partial charge on any atom is -0.310 e. The van der Waals surface area contributed by atoms with Crippen LogP contribution >= 0.6 is 0 Å². The molecule has 0 saturated heterocycles. The standard InChI is InChI=1S/C55H59N/c1-3-35-55(36-4-2)53-24-12-11-23-51(53)52-34-33-50(39-54(52)55)56(48-31-29-43(30-32-48)41-17-9-6-10-18-41)49-22-14-21-47(38-49)46-20-13-19-45(37-46)44-27-25-42(26-28-44)40-15-7-5-8-16-40/h11-14,19-34,37-41H,3-10,15-18,35-36H2,1-2H3. The molecule has 2 saturated carbocycles. The van der Waals surface area contributed by atoms with Crippen LogP contribution in [0.5, 0.6) is 0 Å². The molecule has 0 atom stereocenters. The third kappa shape index (κ3) is 7.04. The predicted octanol–water partition coefficient (Wildman–Crippen LogP) is 16.5. The second-order valence-corrected chi connectivity index (χ2v) is 17.2. The SMILES string of the molecule is CCCC1(CCC)c2ccccc2-c2ccc(N(c3ccc(C4CCCCC4)cc3)c3cccc(-c4cccc(-c5ccc(C6CCCCC6)cc5)c4)c3)cc21. The van der Waals surface area contributed by atoms with Gasteiger partial charge in [-0.05, 0) is 148 Å². The maximum Gasteiger partial charge on any atom is 0.0467 e. The fourth-order valence-electron chi connectivity index (χ4n) is 11.0. The summed E-state index contributed by atoms with van der Waals surface area (Å²) in [7, 11) is 0. The van der Waals surface area contributed by atoms with Crippen LogP contribution in [0, 0.1) is 0 Å². The largest absolute Gasteiger partial charge is 0.310 e. The van der Waals surface area contributed by atoms with Gasteiger partial charge in [0.25, 0.3) is 0 Å². The van der Waals surface area contributed by atoms with Crippen LogP contribution < -0.4 is 4.90 Å². The Morgan fingerprint density at radius 1 is 0.429 bits per heavy atom. The maximum atomic E-state index is 2.56. The smallest absolute Gasteiger partial charge is 0.0467 e. The Balaban J connectivity index is 1.11. The van der Waals surface area contributed by atoms with Crippen molar-refractivity contribution < 1.29 is 0 Å². The van der Waals surface area contributed by atoms with Gasteiger partial charge in [0.15, 0.2) is 0 Å². The summed E-state index contributed by atoms with van der Waals surface area (Å²) < 4.78 is 0. The van der Waals surface area contributed by atoms with E-state index in [1.165, 1.54) is 150 Å². The molecular formula is C55H59N. The van der Waals surface area contributed by atoms with Gasteiger partial charge in [0, 0.05) is 22.5 Å². The van der Waals surface area contributed by atoms with Gasteiger partial charge < -0.3 is 4.90 Å². The number of anilines is 3. The van der Waals surface area contributed by atoms with E-state index in [-0.39, 0.29) is 5.41 Å². The van der Waals surface area contributed by atoms with Crippen molar-refractivity contribution in [2.24, 2.45) is 0 Å². The van der Waals surface area contributed by atoms with Crippen LogP contribution in [0.1, 0.15) is 138 Å². The Kier molecular flexibility index (Phi) is 10.7. The number of hydrogen-bond donors (Lipinski definition) is 0. The van der Waals surface area contributed by atoms with E-state index in [1.807, 2.05) is 0 Å². The Hall–Kier alpha value is -4.88. The lowest BCUT2D eigenvalue weighted by Gasteiger charge is -2.33. The van der Waals surface area contributed by atoms with Gasteiger partial charge in [-0.2, -0.15) is 0 Å². The lowest BCUT2D eigenvalue weighted by Crippen LogP contribution is -2.25. The molecule has 0 radical (unpaired) electrons. The molecule has 0 heterocycles. The molecule has 0 unspecified atom stereocenters. The lowest BCUT2D eigenvalue weighted by molar-refractivity contribution is 0.436. The first-order chi connectivity index (χ1) is 27.6. The zero-order chi connectivity index (χ0) is 37.9. The summed E-state index contributed by atoms with van der Waals surface area (Å²) in [4.78, 5) is 2.52. The second-order valence-electron chi connectivity index (χ2n) is 17.2. The van der Waals surface area contributed by atoms with Crippen molar-refractivity contribution in [3.63, 3.8) is 0 Å². The van der Waals surface area contributed by atoms with E-state index in [4.69, 9.17) is 0 Å². The molecular weight excluding hydrogens is 675 g/mol. The molecule has 9 rings (SSSR count). The second kappa shape index (κ2) is 16.3. The lowest BCUT2D eigenvalue weighted by atomic mass is 9.71. The molecule has 3 aliphatic rings. The van der Waals surface area contributed by atoms with Gasteiger partial charge in [0.05, 0.1) is 0 Å². The monoisotopic (exact) mass is 733 g/mol. The normalized spacial score (nSPS) is 16.7. The fraction of sp³-hybridized carbons (Fsp3) is 0.345. The molecule has 0 aliphatic heterocycles. The van der Waals surface area contributed by atoms with Crippen LogP contribution in [0.3, 0.4) is 0 Å². The van der Waals surface area contributed by atoms with Crippen LogP contribution in [0.25, 0.3) is 33.4 Å². The van der Waals surface area contributed by atoms with Gasteiger partial charge >= 0.3 is 0 Å². The third-order valence-electron chi connectivity index (χ3n) is 13.7. The van der Waals surface area contributed by atoms with Crippen molar-refractivity contribution in [1.29, 1.82) is 0 Å². The minimum absolute atomic E-state index is 0.0405. The molecule has 1 heteroatoms. The van der Waals surface area contributed by atoms with E-state index in [9.17, 15) is 0 Å². The topological polar surface area (TPSA) is 3.24 Å². The first-order valence-corrected chi connectivity index (χ1v) is 22.1. The highest BCUT2D eigenvalue weighted by atomic mass is 15.1. The Morgan fingerprint density at radius 3 is 1.59 bits per heavy atom. The molecule has 3 aliphatic carbocycles. The van der Waals surface area contributed by atoms with Gasteiger partial charge in [-0.25, -0.2) is 0 Å². The minimum atomic E-state index is 0.0405. The summed E-state index contributed by atoms with van der Waals surface area (Å²) in [6.45, 7) is 4.71. The van der Waals surface area contributed by atoms with Crippen LogP contribution in [-0.2, 0) is 5.41 Å². The van der Waals surface area contributed by atoms with Crippen molar-refractivity contribution in [1.82, 2.24) is 0 Å². The summed E-state index contributed by atoms with van der Waals surface area (Å²) in [5.41, 5.74) is 17.6. The van der Waals surface area contributed by atoms with Gasteiger partial charge in [-0.3, -0.25) is 0 Å². The molecule has 2 fully saturated rings. The molecule has 0 bridgehead atoms. The average molecular weight is 734 g/mol. The zero-order valence-electron chi connectivity index (χ0n) is 33.8. The molecule has 0 N–H and O–H groups in total. The van der Waals surface area contributed by atoms with Gasteiger partial charge in [-0.15, -0.1) is 0 Å². The number of hydrogen-bond acceptors (Lipinski definition) is 1. The van der Waals surface area contributed by atoms with Gasteiger partial charge in [0.1, 0.15) is 0 Å². The molecule has 284 valence electrons. The van der Waals surface area contributed by atoms with Crippen molar-refractivity contribution in [3.05, 3.63) is 162 Å². The fourth-order valence-corrected chi connectivity index (χ4v) is 11.0. The molecule has 0 aromatic heterocycles. The van der Waals surface area contributed by atoms with E-state index in [1.54, 1.807) is 0 Å². The third-order valence-corrected chi connectivity index (χ3v) is 13.7. The predicted molar refractivity (Wildman–Crippen MR) is 240 cm³/mol. The summed E-state index contributed by atoms with van der Waals surface area (Å²) >= 11 is 0. The molecule has 56 heavy (non-hydrogen) atoms. The van der Waals surface area contributed by atoms with Gasteiger partial charge in [-0.1, -0.05) is 162 Å². The van der Waals surface area contributed by atoms with E-state index in [0.717, 1.165) is 18.8 Å². The number of nitrogens with zero attached hydrogens (tertiary/aromatic N) is 1. The van der Waals surface area contributed by atoms with Crippen molar-refractivity contribution in [3.8, 4) is 33.4 Å². The van der Waals surface area contributed by atoms with E-state index < -0.39 is 0 Å². The first-order valence-electron chi connectivity index (χ1n) is 22.1. The van der Waals surface area contributed by atoms with E-state index in [2.05, 4.69) is 158 Å². The van der Waals surface area contributed by atoms with Crippen molar-refractivity contribution >= 4 is 17.1 Å². The summed E-state index contributed by atoms with van der Waals surface area (Å²) in [6, 6.07) is 54.1. The highest BCUT2D eigenvalue weighted by molar-refractivity contribution is 5.87. The van der Waals surface area contributed by atoms with Crippen LogP contribution in [0.4, 0.5) is 17.1 Å². The Bertz CT molecular complexity index is 2240. The Labute approximate surface area is 336 Å². The number of benzene rings is 6. The zero-order valence-corrected chi connectivity index (χ0v) is 33.8. The summed E-state index contributed by atoms with van der Waals surface area (Å²) in [6.07, 6.45) is 18.2. The summed E-state index contributed by atoms with van der Waals surface area (Å²) in [5, 5.41) is 0. The Morgan fingerprint density at radius 2 is 0.946 bits per heavy atom. The molecule has 6 aromatic carbocycles. The molecule has 1 nitrogen and oxygen atoms in total. The highest BCUT2D eigenvalue weighted by Crippen LogP contribution is 2.55. The highest BCUT2D eigenvalue weighted by Gasteiger charge is 2.42. The molecule has 0 spiro atoms. The first kappa shape index (κ1) is 36.7.